The third-order valence-corrected chi connectivity index (χ3v) is 4.55. The number of piperidine rings is 1. The highest BCUT2D eigenvalue weighted by molar-refractivity contribution is 7.18. The van der Waals surface area contributed by atoms with Crippen LogP contribution in [0.5, 0.6) is 0 Å². The maximum absolute atomic E-state index is 4.30. The molecule has 5 nitrogen and oxygen atoms in total. The molecule has 1 aliphatic heterocycles. The number of aromatic nitrogens is 3. The van der Waals surface area contributed by atoms with Gasteiger partial charge in [-0.2, -0.15) is 0 Å². The van der Waals surface area contributed by atoms with Gasteiger partial charge >= 0.3 is 0 Å². The highest BCUT2D eigenvalue weighted by Gasteiger charge is 2.19. The Morgan fingerprint density at radius 1 is 1.30 bits per heavy atom. The third kappa shape index (κ3) is 3.13. The lowest BCUT2D eigenvalue weighted by Gasteiger charge is -2.31. The molecule has 1 aliphatic rings. The van der Waals surface area contributed by atoms with Crippen LogP contribution in [-0.2, 0) is 0 Å². The minimum atomic E-state index is 0.516. The molecule has 6 heteroatoms. The number of likely N-dealkylation sites (tertiary alicyclic amines) is 1. The van der Waals surface area contributed by atoms with Crippen LogP contribution in [0.4, 0.5) is 5.13 Å². The van der Waals surface area contributed by atoms with E-state index in [4.69, 9.17) is 0 Å². The fourth-order valence-electron chi connectivity index (χ4n) is 2.44. The van der Waals surface area contributed by atoms with Crippen molar-refractivity contribution in [2.75, 3.05) is 25.0 Å². The summed E-state index contributed by atoms with van der Waals surface area (Å²) in [4.78, 5) is 6.79. The molecule has 20 heavy (non-hydrogen) atoms. The van der Waals surface area contributed by atoms with Gasteiger partial charge < -0.3 is 10.2 Å². The zero-order chi connectivity index (χ0) is 13.8. The normalized spacial score (nSPS) is 17.2. The predicted molar refractivity (Wildman–Crippen MR) is 81.9 cm³/mol. The Balaban J connectivity index is 1.61. The predicted octanol–water partition coefficient (Wildman–Crippen LogP) is 2.50. The lowest BCUT2D eigenvalue weighted by molar-refractivity contribution is 0.229. The Morgan fingerprint density at radius 2 is 2.15 bits per heavy atom. The van der Waals surface area contributed by atoms with Crippen LogP contribution in [0.15, 0.2) is 24.4 Å². The Morgan fingerprint density at radius 3 is 2.85 bits per heavy atom. The molecule has 0 saturated carbocycles. The number of hydrogen-bond donors (Lipinski definition) is 1. The number of anilines is 1. The molecule has 0 amide bonds. The fourth-order valence-corrected chi connectivity index (χ4v) is 3.24. The maximum atomic E-state index is 4.30. The number of rotatable bonds is 4. The molecular weight excluding hydrogens is 270 g/mol. The van der Waals surface area contributed by atoms with Crippen LogP contribution < -0.4 is 5.32 Å². The van der Waals surface area contributed by atoms with E-state index < -0.39 is 0 Å². The molecule has 0 spiro atoms. The lowest BCUT2D eigenvalue weighted by Crippen LogP contribution is -2.38. The highest BCUT2D eigenvalue weighted by atomic mass is 32.1. The molecule has 3 heterocycles. The molecule has 1 fully saturated rings. The largest absolute Gasteiger partial charge is 0.357 e. The van der Waals surface area contributed by atoms with Crippen molar-refractivity contribution in [1.82, 2.24) is 20.1 Å². The Kier molecular flexibility index (Phi) is 4.22. The van der Waals surface area contributed by atoms with E-state index in [1.165, 1.54) is 25.9 Å². The van der Waals surface area contributed by atoms with Crippen molar-refractivity contribution >= 4 is 16.5 Å². The molecule has 0 aliphatic carbocycles. The van der Waals surface area contributed by atoms with Gasteiger partial charge in [0.25, 0.3) is 0 Å². The molecule has 0 aromatic carbocycles. The smallest absolute Gasteiger partial charge is 0.206 e. The number of hydrogen-bond acceptors (Lipinski definition) is 6. The van der Waals surface area contributed by atoms with Gasteiger partial charge in [0.05, 0.1) is 0 Å². The average molecular weight is 289 g/mol. The topological polar surface area (TPSA) is 53.9 Å². The first-order valence-corrected chi connectivity index (χ1v) is 7.90. The summed E-state index contributed by atoms with van der Waals surface area (Å²) in [7, 11) is 0. The average Bonchev–Trinajstić information content (AvgIpc) is 2.97. The van der Waals surface area contributed by atoms with E-state index in [9.17, 15) is 0 Å². The summed E-state index contributed by atoms with van der Waals surface area (Å²) in [6.45, 7) is 5.70. The second-order valence-electron chi connectivity index (χ2n) is 4.98. The SMILES string of the molecule is CCN1CCC(Nc2nnc(-c3ccccn3)s2)CC1. The van der Waals surface area contributed by atoms with Crippen LogP contribution in [0.1, 0.15) is 19.8 Å². The standard InChI is InChI=1S/C14H19N5S/c1-2-19-9-6-11(7-10-19)16-14-18-17-13(20-14)12-5-3-4-8-15-12/h3-5,8,11H,2,6-7,9-10H2,1H3,(H,16,18). The summed E-state index contributed by atoms with van der Waals surface area (Å²) >= 11 is 1.58. The molecule has 106 valence electrons. The number of nitrogens with one attached hydrogen (secondary N) is 1. The maximum Gasteiger partial charge on any atom is 0.206 e. The van der Waals surface area contributed by atoms with Gasteiger partial charge in [-0.05, 0) is 31.5 Å². The van der Waals surface area contributed by atoms with Crippen molar-refractivity contribution in [2.45, 2.75) is 25.8 Å². The number of pyridine rings is 1. The van der Waals surface area contributed by atoms with Crippen molar-refractivity contribution in [3.63, 3.8) is 0 Å². The van der Waals surface area contributed by atoms with Crippen molar-refractivity contribution in [2.24, 2.45) is 0 Å². The van der Waals surface area contributed by atoms with Crippen LogP contribution in [0, 0.1) is 0 Å². The fraction of sp³-hybridized carbons (Fsp3) is 0.500. The molecular formula is C14H19N5S. The van der Waals surface area contributed by atoms with Crippen molar-refractivity contribution < 1.29 is 0 Å². The van der Waals surface area contributed by atoms with Crippen molar-refractivity contribution in [3.05, 3.63) is 24.4 Å². The zero-order valence-corrected chi connectivity index (χ0v) is 12.4. The van der Waals surface area contributed by atoms with E-state index in [-0.39, 0.29) is 0 Å². The summed E-state index contributed by atoms with van der Waals surface area (Å²) in [5.41, 5.74) is 0.888. The van der Waals surface area contributed by atoms with E-state index in [0.29, 0.717) is 6.04 Å². The summed E-state index contributed by atoms with van der Waals surface area (Å²) in [5, 5.41) is 13.7. The van der Waals surface area contributed by atoms with Crippen LogP contribution in [-0.4, -0.2) is 45.8 Å². The molecule has 0 atom stereocenters. The van der Waals surface area contributed by atoms with Crippen LogP contribution >= 0.6 is 11.3 Å². The van der Waals surface area contributed by atoms with Gasteiger partial charge in [0.2, 0.25) is 5.13 Å². The van der Waals surface area contributed by atoms with E-state index in [2.05, 4.69) is 32.3 Å². The first kappa shape index (κ1) is 13.5. The van der Waals surface area contributed by atoms with Crippen molar-refractivity contribution in [1.29, 1.82) is 0 Å². The molecule has 2 aromatic rings. The minimum absolute atomic E-state index is 0.516. The van der Waals surface area contributed by atoms with Gasteiger partial charge in [-0.15, -0.1) is 10.2 Å². The van der Waals surface area contributed by atoms with Gasteiger partial charge in [0, 0.05) is 25.3 Å². The Hall–Kier alpha value is -1.53. The number of nitrogens with zero attached hydrogens (tertiary/aromatic N) is 4. The molecule has 3 rings (SSSR count). The molecule has 0 bridgehead atoms. The quantitative estimate of drug-likeness (QED) is 0.937. The Bertz CT molecular complexity index is 534. The lowest BCUT2D eigenvalue weighted by atomic mass is 10.1. The Labute approximate surface area is 123 Å². The molecule has 0 unspecified atom stereocenters. The second-order valence-corrected chi connectivity index (χ2v) is 5.96. The van der Waals surface area contributed by atoms with E-state index in [1.807, 2.05) is 18.2 Å². The molecule has 0 radical (unpaired) electrons. The first-order chi connectivity index (χ1) is 9.85. The minimum Gasteiger partial charge on any atom is -0.357 e. The van der Waals surface area contributed by atoms with E-state index >= 15 is 0 Å². The third-order valence-electron chi connectivity index (χ3n) is 3.67. The van der Waals surface area contributed by atoms with Crippen LogP contribution in [0.2, 0.25) is 0 Å². The summed E-state index contributed by atoms with van der Waals surface area (Å²) in [6, 6.07) is 6.36. The van der Waals surface area contributed by atoms with Gasteiger partial charge in [0.15, 0.2) is 5.01 Å². The molecule has 1 saturated heterocycles. The van der Waals surface area contributed by atoms with Gasteiger partial charge in [-0.1, -0.05) is 24.3 Å². The van der Waals surface area contributed by atoms with Crippen LogP contribution in [0.25, 0.3) is 10.7 Å². The second kappa shape index (κ2) is 6.28. The van der Waals surface area contributed by atoms with E-state index in [0.717, 1.165) is 22.4 Å². The molecule has 1 N–H and O–H groups in total. The van der Waals surface area contributed by atoms with Gasteiger partial charge in [0.1, 0.15) is 5.69 Å². The highest BCUT2D eigenvalue weighted by Crippen LogP contribution is 2.26. The monoisotopic (exact) mass is 289 g/mol. The summed E-state index contributed by atoms with van der Waals surface area (Å²) in [6.07, 6.45) is 4.13. The van der Waals surface area contributed by atoms with E-state index in [1.54, 1.807) is 17.5 Å². The van der Waals surface area contributed by atoms with Gasteiger partial charge in [-0.25, -0.2) is 0 Å². The summed E-state index contributed by atoms with van der Waals surface area (Å²) in [5.74, 6) is 0. The zero-order valence-electron chi connectivity index (χ0n) is 11.6. The van der Waals surface area contributed by atoms with Crippen molar-refractivity contribution in [3.8, 4) is 10.7 Å². The van der Waals surface area contributed by atoms with Gasteiger partial charge in [-0.3, -0.25) is 4.98 Å². The molecule has 2 aromatic heterocycles. The summed E-state index contributed by atoms with van der Waals surface area (Å²) < 4.78 is 0. The van der Waals surface area contributed by atoms with Crippen LogP contribution in [0.3, 0.4) is 0 Å². The first-order valence-electron chi connectivity index (χ1n) is 7.09.